The van der Waals surface area contributed by atoms with Crippen molar-refractivity contribution in [2.75, 3.05) is 19.7 Å². The summed E-state index contributed by atoms with van der Waals surface area (Å²) >= 11 is 0. The van der Waals surface area contributed by atoms with Gasteiger partial charge >= 0.3 is 6.61 Å². The predicted molar refractivity (Wildman–Crippen MR) is 106 cm³/mol. The minimum atomic E-state index is -2.93. The van der Waals surface area contributed by atoms with E-state index in [0.717, 1.165) is 25.7 Å². The van der Waals surface area contributed by atoms with Gasteiger partial charge in [0.15, 0.2) is 18.1 Å². The Kier molecular flexibility index (Phi) is 7.84. The number of halogens is 2. The first kappa shape index (κ1) is 22.3. The lowest BCUT2D eigenvalue weighted by atomic mass is 10.2. The summed E-state index contributed by atoms with van der Waals surface area (Å²) in [5.74, 6) is 0.0688. The molecular weight excluding hydrogens is 398 g/mol. The molecule has 1 aliphatic heterocycles. The van der Waals surface area contributed by atoms with Crippen LogP contribution in [0.5, 0.6) is 11.5 Å². The molecule has 0 N–H and O–H groups in total. The van der Waals surface area contributed by atoms with E-state index in [0.29, 0.717) is 18.7 Å². The number of carbonyl (C=O) groups is 1. The second-order valence-corrected chi connectivity index (χ2v) is 7.67. The fraction of sp³-hybridized carbons (Fsp3) is 0.619. The van der Waals surface area contributed by atoms with Crippen LogP contribution in [0.4, 0.5) is 8.78 Å². The van der Waals surface area contributed by atoms with Crippen LogP contribution in [0.3, 0.4) is 0 Å². The highest BCUT2D eigenvalue weighted by Crippen LogP contribution is 2.33. The van der Waals surface area contributed by atoms with Crippen LogP contribution in [0.15, 0.2) is 23.4 Å². The van der Waals surface area contributed by atoms with Gasteiger partial charge < -0.3 is 23.9 Å². The van der Waals surface area contributed by atoms with Crippen molar-refractivity contribution in [3.8, 4) is 11.5 Å². The number of morpholine rings is 1. The molecule has 1 saturated carbocycles. The SMILES string of the molecule is CC1CN(C(=O)CO/N=C/c2ccc(OC(F)F)c(OC3CCCC3)c2)CC(C)O1. The minimum Gasteiger partial charge on any atom is -0.487 e. The molecule has 0 aromatic heterocycles. The molecule has 1 aliphatic carbocycles. The molecule has 0 spiro atoms. The topological polar surface area (TPSA) is 69.6 Å². The second kappa shape index (κ2) is 10.6. The van der Waals surface area contributed by atoms with Gasteiger partial charge in [-0.25, -0.2) is 0 Å². The van der Waals surface area contributed by atoms with Gasteiger partial charge in [0.1, 0.15) is 0 Å². The van der Waals surface area contributed by atoms with Gasteiger partial charge in [-0.3, -0.25) is 4.79 Å². The number of hydrogen-bond donors (Lipinski definition) is 0. The van der Waals surface area contributed by atoms with E-state index in [1.54, 1.807) is 17.0 Å². The molecular formula is C21H28F2N2O5. The molecule has 1 aromatic carbocycles. The van der Waals surface area contributed by atoms with E-state index in [1.807, 2.05) is 13.8 Å². The summed E-state index contributed by atoms with van der Waals surface area (Å²) in [7, 11) is 0. The highest BCUT2D eigenvalue weighted by atomic mass is 19.3. The first-order chi connectivity index (χ1) is 14.4. The second-order valence-electron chi connectivity index (χ2n) is 7.67. The van der Waals surface area contributed by atoms with E-state index in [-0.39, 0.29) is 42.3 Å². The van der Waals surface area contributed by atoms with Crippen LogP contribution in [-0.4, -0.2) is 61.6 Å². The molecule has 2 fully saturated rings. The van der Waals surface area contributed by atoms with Crippen LogP contribution in [-0.2, 0) is 14.4 Å². The third-order valence-electron chi connectivity index (χ3n) is 5.02. The summed E-state index contributed by atoms with van der Waals surface area (Å²) in [4.78, 5) is 19.1. The molecule has 1 saturated heterocycles. The Labute approximate surface area is 174 Å². The van der Waals surface area contributed by atoms with E-state index in [9.17, 15) is 13.6 Å². The lowest BCUT2D eigenvalue weighted by molar-refractivity contribution is -0.147. The molecule has 3 rings (SSSR count). The Morgan fingerprint density at radius 3 is 2.60 bits per heavy atom. The number of carbonyl (C=O) groups excluding carboxylic acids is 1. The third kappa shape index (κ3) is 6.55. The van der Waals surface area contributed by atoms with E-state index in [1.165, 1.54) is 12.3 Å². The predicted octanol–water partition coefficient (Wildman–Crippen LogP) is 3.60. The molecule has 1 heterocycles. The van der Waals surface area contributed by atoms with Gasteiger partial charge in [-0.05, 0) is 57.7 Å². The summed E-state index contributed by atoms with van der Waals surface area (Å²) < 4.78 is 41.4. The van der Waals surface area contributed by atoms with Crippen molar-refractivity contribution >= 4 is 12.1 Å². The number of benzene rings is 1. The van der Waals surface area contributed by atoms with E-state index >= 15 is 0 Å². The Morgan fingerprint density at radius 1 is 1.23 bits per heavy atom. The van der Waals surface area contributed by atoms with Gasteiger partial charge in [0, 0.05) is 18.7 Å². The van der Waals surface area contributed by atoms with Crippen LogP contribution >= 0.6 is 0 Å². The number of oxime groups is 1. The van der Waals surface area contributed by atoms with Crippen molar-refractivity contribution in [1.29, 1.82) is 0 Å². The van der Waals surface area contributed by atoms with E-state index in [4.69, 9.17) is 14.3 Å². The molecule has 2 unspecified atom stereocenters. The third-order valence-corrected chi connectivity index (χ3v) is 5.02. The largest absolute Gasteiger partial charge is 0.487 e. The van der Waals surface area contributed by atoms with Crippen LogP contribution in [0.25, 0.3) is 0 Å². The monoisotopic (exact) mass is 426 g/mol. The number of ether oxygens (including phenoxy) is 3. The highest BCUT2D eigenvalue weighted by Gasteiger charge is 2.26. The maximum absolute atomic E-state index is 12.7. The van der Waals surface area contributed by atoms with Crippen LogP contribution < -0.4 is 9.47 Å². The fourth-order valence-corrected chi connectivity index (χ4v) is 3.74. The molecule has 30 heavy (non-hydrogen) atoms. The summed E-state index contributed by atoms with van der Waals surface area (Å²) in [6, 6.07) is 4.56. The highest BCUT2D eigenvalue weighted by molar-refractivity contribution is 5.81. The summed E-state index contributed by atoms with van der Waals surface area (Å²) in [6.45, 7) is 1.75. The molecule has 7 nitrogen and oxygen atoms in total. The smallest absolute Gasteiger partial charge is 0.387 e. The molecule has 9 heteroatoms. The first-order valence-corrected chi connectivity index (χ1v) is 10.2. The molecule has 1 aromatic rings. The van der Waals surface area contributed by atoms with Gasteiger partial charge in [-0.15, -0.1) is 0 Å². The van der Waals surface area contributed by atoms with Crippen LogP contribution in [0, 0.1) is 0 Å². The molecule has 2 aliphatic rings. The lowest BCUT2D eigenvalue weighted by Crippen LogP contribution is -2.49. The van der Waals surface area contributed by atoms with Crippen molar-refractivity contribution in [3.63, 3.8) is 0 Å². The number of amides is 1. The normalized spacial score (nSPS) is 22.6. The van der Waals surface area contributed by atoms with Gasteiger partial charge in [0.25, 0.3) is 5.91 Å². The maximum Gasteiger partial charge on any atom is 0.387 e. The minimum absolute atomic E-state index is 0.00983. The fourth-order valence-electron chi connectivity index (χ4n) is 3.74. The average molecular weight is 426 g/mol. The molecule has 1 amide bonds. The van der Waals surface area contributed by atoms with Gasteiger partial charge in [0.05, 0.1) is 24.5 Å². The van der Waals surface area contributed by atoms with Crippen molar-refractivity contribution in [2.24, 2.45) is 5.16 Å². The Bertz CT molecular complexity index is 730. The number of nitrogens with zero attached hydrogens (tertiary/aromatic N) is 2. The zero-order chi connectivity index (χ0) is 21.5. The van der Waals surface area contributed by atoms with Crippen molar-refractivity contribution in [3.05, 3.63) is 23.8 Å². The molecule has 166 valence electrons. The summed E-state index contributed by atoms with van der Waals surface area (Å²) in [6.07, 6.45) is 5.24. The number of rotatable bonds is 8. The first-order valence-electron chi connectivity index (χ1n) is 10.2. The summed E-state index contributed by atoms with van der Waals surface area (Å²) in [5, 5.41) is 3.83. The Balaban J connectivity index is 1.56. The molecule has 0 radical (unpaired) electrons. The Hall–Kier alpha value is -2.42. The quantitative estimate of drug-likeness (QED) is 0.469. The summed E-state index contributed by atoms with van der Waals surface area (Å²) in [5.41, 5.74) is 0.589. The van der Waals surface area contributed by atoms with Crippen molar-refractivity contribution in [1.82, 2.24) is 4.90 Å². The van der Waals surface area contributed by atoms with Gasteiger partial charge in [-0.1, -0.05) is 5.16 Å². The molecule has 0 bridgehead atoms. The number of hydrogen-bond acceptors (Lipinski definition) is 6. The average Bonchev–Trinajstić information content (AvgIpc) is 3.19. The van der Waals surface area contributed by atoms with Gasteiger partial charge in [0.2, 0.25) is 0 Å². The molecule has 2 atom stereocenters. The maximum atomic E-state index is 12.7. The van der Waals surface area contributed by atoms with Crippen molar-refractivity contribution in [2.45, 2.75) is 64.5 Å². The zero-order valence-electron chi connectivity index (χ0n) is 17.3. The van der Waals surface area contributed by atoms with E-state index in [2.05, 4.69) is 9.89 Å². The number of alkyl halides is 2. The van der Waals surface area contributed by atoms with Crippen molar-refractivity contribution < 1.29 is 32.6 Å². The van der Waals surface area contributed by atoms with Gasteiger partial charge in [-0.2, -0.15) is 8.78 Å². The van der Waals surface area contributed by atoms with Crippen LogP contribution in [0.1, 0.15) is 45.1 Å². The zero-order valence-corrected chi connectivity index (χ0v) is 17.3. The standard InChI is InChI=1S/C21H28F2N2O5/c1-14-11-25(12-15(2)28-14)20(26)13-27-24-10-16-7-8-18(30-21(22)23)19(9-16)29-17-5-3-4-6-17/h7-10,14-15,17,21H,3-6,11-13H2,1-2H3/b24-10+. The Morgan fingerprint density at radius 2 is 1.93 bits per heavy atom. The van der Waals surface area contributed by atoms with E-state index < -0.39 is 6.61 Å². The lowest BCUT2D eigenvalue weighted by Gasteiger charge is -2.34. The van der Waals surface area contributed by atoms with Crippen LogP contribution in [0.2, 0.25) is 0 Å².